The normalized spacial score (nSPS) is 22.9. The highest BCUT2D eigenvalue weighted by molar-refractivity contribution is 5.84. The summed E-state index contributed by atoms with van der Waals surface area (Å²) < 4.78 is 5.66. The smallest absolute Gasteiger partial charge is 0.329 e. The van der Waals surface area contributed by atoms with Crippen LogP contribution < -0.4 is 22.7 Å². The second kappa shape index (κ2) is 7.44. The van der Waals surface area contributed by atoms with Gasteiger partial charge in [-0.3, -0.25) is 23.9 Å². The molecule has 7 N–H and O–H groups in total. The number of hydrogen-bond donors (Lipinski definition) is 5. The van der Waals surface area contributed by atoms with E-state index in [0.717, 1.165) is 16.8 Å². The van der Waals surface area contributed by atoms with E-state index in [1.54, 1.807) is 6.07 Å². The van der Waals surface area contributed by atoms with E-state index in [2.05, 4.69) is 0 Å². The summed E-state index contributed by atoms with van der Waals surface area (Å²) in [4.78, 5) is 47.7. The van der Waals surface area contributed by atoms with Crippen molar-refractivity contribution < 1.29 is 24.5 Å². The van der Waals surface area contributed by atoms with E-state index >= 15 is 0 Å². The molecule has 1 unspecified atom stereocenters. The Morgan fingerprint density at radius 1 is 1.52 bits per heavy atom. The number of nitrogens with two attached hydrogens (primary N) is 2. The zero-order chi connectivity index (χ0) is 20.4. The summed E-state index contributed by atoms with van der Waals surface area (Å²) in [5, 5.41) is 30.0. The van der Waals surface area contributed by atoms with Gasteiger partial charge in [-0.1, -0.05) is 0 Å². The van der Waals surface area contributed by atoms with Crippen LogP contribution in [-0.4, -0.2) is 50.4 Å². The summed E-state index contributed by atoms with van der Waals surface area (Å²) >= 11 is 0. The summed E-state index contributed by atoms with van der Waals surface area (Å²) in [5.74, 6) is -2.43. The van der Waals surface area contributed by atoms with Crippen LogP contribution in [0.15, 0.2) is 33.2 Å². The van der Waals surface area contributed by atoms with Gasteiger partial charge in [0.2, 0.25) is 5.91 Å². The molecule has 1 aromatic rings. The van der Waals surface area contributed by atoms with Crippen LogP contribution in [0.4, 0.5) is 0 Å². The largest absolute Gasteiger partial charge is 0.509 e. The third-order valence-electron chi connectivity index (χ3n) is 4.12. The van der Waals surface area contributed by atoms with Gasteiger partial charge in [0.05, 0.1) is 12.5 Å². The number of aromatic amines is 1. The first-order chi connectivity index (χ1) is 12.6. The van der Waals surface area contributed by atoms with Crippen LogP contribution in [0.2, 0.25) is 0 Å². The minimum atomic E-state index is -1.94. The van der Waals surface area contributed by atoms with Gasteiger partial charge in [-0.2, -0.15) is 5.26 Å². The lowest BCUT2D eigenvalue weighted by atomic mass is 9.94. The maximum absolute atomic E-state index is 12.0. The number of primary amides is 1. The van der Waals surface area contributed by atoms with E-state index in [1.807, 2.05) is 4.98 Å². The molecule has 1 amide bonds. The molecule has 0 aromatic carbocycles. The molecular formula is C15H17N5O7. The van der Waals surface area contributed by atoms with Gasteiger partial charge in [0.15, 0.2) is 5.54 Å². The Morgan fingerprint density at radius 3 is 2.74 bits per heavy atom. The minimum Gasteiger partial charge on any atom is -0.509 e. The number of carbonyl (C=O) groups is 2. The Hall–Kier alpha value is -3.43. The monoisotopic (exact) mass is 379 g/mol. The van der Waals surface area contributed by atoms with Crippen LogP contribution in [0.5, 0.6) is 0 Å². The number of rotatable bonds is 6. The number of nitrogens with zero attached hydrogens (tertiary/aromatic N) is 2. The van der Waals surface area contributed by atoms with Crippen molar-refractivity contribution in [3.05, 3.63) is 44.4 Å². The number of hydrogen-bond acceptors (Lipinski definition) is 9. The molecule has 1 aliphatic rings. The molecule has 0 saturated carbocycles. The van der Waals surface area contributed by atoms with Gasteiger partial charge in [-0.05, 0) is 0 Å². The zero-order valence-corrected chi connectivity index (χ0v) is 13.9. The van der Waals surface area contributed by atoms with E-state index in [9.17, 15) is 34.7 Å². The summed E-state index contributed by atoms with van der Waals surface area (Å²) in [6.07, 6.45) is -1.60. The number of nitrogens with one attached hydrogen (secondary N) is 1. The zero-order valence-electron chi connectivity index (χ0n) is 13.9. The van der Waals surface area contributed by atoms with E-state index < -0.39 is 59.6 Å². The molecule has 12 nitrogen and oxygen atoms in total. The maximum atomic E-state index is 12.0. The summed E-state index contributed by atoms with van der Waals surface area (Å²) in [5.41, 5.74) is 6.73. The highest BCUT2D eigenvalue weighted by atomic mass is 16.5. The fraction of sp³-hybridized carbons (Fsp3) is 0.400. The van der Waals surface area contributed by atoms with Gasteiger partial charge in [-0.25, -0.2) is 4.79 Å². The quantitative estimate of drug-likeness (QED) is 0.319. The van der Waals surface area contributed by atoms with Crippen molar-refractivity contribution in [2.45, 2.75) is 30.5 Å². The van der Waals surface area contributed by atoms with Crippen molar-refractivity contribution in [3.8, 4) is 6.07 Å². The number of esters is 1. The van der Waals surface area contributed by atoms with Crippen molar-refractivity contribution in [2.75, 3.05) is 6.61 Å². The van der Waals surface area contributed by atoms with Crippen LogP contribution in [0.1, 0.15) is 12.8 Å². The Balaban J connectivity index is 2.23. The van der Waals surface area contributed by atoms with Crippen LogP contribution in [-0.2, 0) is 19.9 Å². The number of ether oxygens (including phenoxy) is 1. The maximum Gasteiger partial charge on any atom is 0.329 e. The molecule has 3 atom stereocenters. The number of H-pyrrole nitrogens is 1. The predicted molar refractivity (Wildman–Crippen MR) is 87.9 cm³/mol. The van der Waals surface area contributed by atoms with Crippen molar-refractivity contribution in [1.82, 2.24) is 9.55 Å². The average molecular weight is 379 g/mol. The summed E-state index contributed by atoms with van der Waals surface area (Å²) in [7, 11) is 0. The van der Waals surface area contributed by atoms with Gasteiger partial charge < -0.3 is 26.4 Å². The van der Waals surface area contributed by atoms with Gasteiger partial charge in [0.1, 0.15) is 24.5 Å². The molecule has 0 saturated heterocycles. The van der Waals surface area contributed by atoms with Gasteiger partial charge in [0, 0.05) is 24.3 Å². The molecule has 1 aromatic heterocycles. The van der Waals surface area contributed by atoms with Crippen molar-refractivity contribution in [1.29, 1.82) is 5.26 Å². The third kappa shape index (κ3) is 3.73. The Bertz CT molecular complexity index is 956. The molecule has 1 aliphatic carbocycles. The topological polar surface area (TPSA) is 215 Å². The molecule has 0 spiro atoms. The first-order valence-electron chi connectivity index (χ1n) is 7.65. The molecular weight excluding hydrogens is 362 g/mol. The molecule has 0 aliphatic heterocycles. The summed E-state index contributed by atoms with van der Waals surface area (Å²) in [6.45, 7) is -0.532. The van der Waals surface area contributed by atoms with Crippen molar-refractivity contribution in [2.24, 2.45) is 11.5 Å². The first kappa shape index (κ1) is 19.9. The fourth-order valence-electron chi connectivity index (χ4n) is 2.73. The average Bonchev–Trinajstić information content (AvgIpc) is 2.84. The number of aliphatic hydroxyl groups is 2. The Kier molecular flexibility index (Phi) is 5.48. The fourth-order valence-corrected chi connectivity index (χ4v) is 2.73. The highest BCUT2D eigenvalue weighted by Crippen LogP contribution is 2.38. The second-order valence-electron chi connectivity index (χ2n) is 5.97. The molecule has 0 bridgehead atoms. The Labute approximate surface area is 151 Å². The number of carbonyl (C=O) groups excluding carboxylic acids is 2. The number of nitriles is 1. The van der Waals surface area contributed by atoms with Gasteiger partial charge in [0.25, 0.3) is 5.56 Å². The second-order valence-corrected chi connectivity index (χ2v) is 5.97. The predicted octanol–water partition coefficient (Wildman–Crippen LogP) is -2.92. The van der Waals surface area contributed by atoms with E-state index in [-0.39, 0.29) is 12.0 Å². The van der Waals surface area contributed by atoms with Gasteiger partial charge >= 0.3 is 11.7 Å². The van der Waals surface area contributed by atoms with Gasteiger partial charge in [-0.15, -0.1) is 0 Å². The lowest BCUT2D eigenvalue weighted by molar-refractivity contribution is -0.145. The van der Waals surface area contributed by atoms with Crippen LogP contribution in [0, 0.1) is 11.3 Å². The molecule has 1 heterocycles. The third-order valence-corrected chi connectivity index (χ3v) is 4.12. The van der Waals surface area contributed by atoms with E-state index in [4.69, 9.17) is 16.2 Å². The SMILES string of the molecule is N#C[C@@]1(n2ccc(=O)[nH]c2=O)CC(COC(=O)[C@H](N)CC(N)=O)=C(O)C1O. The molecule has 27 heavy (non-hydrogen) atoms. The van der Waals surface area contributed by atoms with Crippen LogP contribution in [0.25, 0.3) is 0 Å². The standard InChI is InChI=1S/C15H17N5O7/c16-6-15(20-2-1-10(22)19-14(20)26)4-7(11(23)12(15)24)5-27-13(25)8(17)3-9(18)21/h1-2,8,12,23-24H,3-5,17H2,(H2,18,21)(H,19,22,26)/t8-,12?,15+/m1/s1. The lowest BCUT2D eigenvalue weighted by Crippen LogP contribution is -2.48. The minimum absolute atomic E-state index is 0.0261. The van der Waals surface area contributed by atoms with Crippen molar-refractivity contribution >= 4 is 11.9 Å². The highest BCUT2D eigenvalue weighted by Gasteiger charge is 2.50. The lowest BCUT2D eigenvalue weighted by Gasteiger charge is -2.27. The summed E-state index contributed by atoms with van der Waals surface area (Å²) in [6, 6.07) is 1.43. The molecule has 0 fully saturated rings. The van der Waals surface area contributed by atoms with Crippen LogP contribution >= 0.6 is 0 Å². The van der Waals surface area contributed by atoms with E-state index in [0.29, 0.717) is 0 Å². The molecule has 144 valence electrons. The first-order valence-corrected chi connectivity index (χ1v) is 7.65. The number of amides is 1. The molecule has 0 radical (unpaired) electrons. The van der Waals surface area contributed by atoms with Crippen molar-refractivity contribution in [3.63, 3.8) is 0 Å². The number of aliphatic hydroxyl groups excluding tert-OH is 2. The number of aromatic nitrogens is 2. The van der Waals surface area contributed by atoms with Crippen LogP contribution in [0.3, 0.4) is 0 Å². The molecule has 2 rings (SSSR count). The van der Waals surface area contributed by atoms with E-state index in [1.165, 1.54) is 0 Å². The Morgan fingerprint density at radius 2 is 2.19 bits per heavy atom. The molecule has 12 heteroatoms.